The molecule has 2 aromatic carbocycles. The maximum Gasteiger partial charge on any atom is 0.303 e. The van der Waals surface area contributed by atoms with E-state index in [0.717, 1.165) is 24.0 Å². The van der Waals surface area contributed by atoms with Gasteiger partial charge < -0.3 is 4.74 Å². The summed E-state index contributed by atoms with van der Waals surface area (Å²) in [6.45, 7) is 10.3. The monoisotopic (exact) mass is 338 g/mol. The second-order valence-corrected chi connectivity index (χ2v) is 7.67. The predicted octanol–water partition coefficient (Wildman–Crippen LogP) is 5.74. The van der Waals surface area contributed by atoms with Crippen molar-refractivity contribution in [2.24, 2.45) is 11.8 Å². The highest BCUT2D eigenvalue weighted by Gasteiger charge is 2.17. The quantitative estimate of drug-likeness (QED) is 0.602. The van der Waals surface area contributed by atoms with Gasteiger partial charge in [-0.15, -0.1) is 0 Å². The first-order valence-corrected chi connectivity index (χ1v) is 9.20. The summed E-state index contributed by atoms with van der Waals surface area (Å²) in [5.41, 5.74) is 4.65. The molecule has 2 heteroatoms. The van der Waals surface area contributed by atoms with Crippen LogP contribution in [0.25, 0.3) is 0 Å². The Kier molecular flexibility index (Phi) is 6.81. The molecule has 0 aliphatic heterocycles. The Labute approximate surface area is 152 Å². The molecule has 0 fully saturated rings. The molecule has 0 N–H and O–H groups in total. The Morgan fingerprint density at radius 1 is 0.760 bits per heavy atom. The molecule has 0 bridgehead atoms. The molecular weight excluding hydrogens is 308 g/mol. The summed E-state index contributed by atoms with van der Waals surface area (Å²) in [5.74, 6) is 0.995. The highest BCUT2D eigenvalue weighted by Crippen LogP contribution is 2.27. The standard InChI is InChI=1S/C23H30O2/c1-16(2)14-19-6-10-21(11-7-19)23(25-18(5)24)22-12-8-20(9-13-22)15-17(3)4/h6-13,16-17,23H,14-15H2,1-5H3. The van der Waals surface area contributed by atoms with Crippen molar-refractivity contribution in [2.45, 2.75) is 53.6 Å². The largest absolute Gasteiger partial charge is 0.453 e. The maximum absolute atomic E-state index is 11.6. The van der Waals surface area contributed by atoms with Crippen LogP contribution in [0.5, 0.6) is 0 Å². The predicted molar refractivity (Wildman–Crippen MR) is 104 cm³/mol. The molecule has 0 aliphatic carbocycles. The van der Waals surface area contributed by atoms with Gasteiger partial charge >= 0.3 is 5.97 Å². The molecule has 0 heterocycles. The molecule has 134 valence electrons. The topological polar surface area (TPSA) is 26.3 Å². The van der Waals surface area contributed by atoms with E-state index >= 15 is 0 Å². The number of carbonyl (C=O) groups excluding carboxylic acids is 1. The van der Waals surface area contributed by atoms with Gasteiger partial charge in [0.25, 0.3) is 0 Å². The maximum atomic E-state index is 11.6. The minimum atomic E-state index is -0.348. The van der Waals surface area contributed by atoms with Crippen molar-refractivity contribution < 1.29 is 9.53 Å². The zero-order chi connectivity index (χ0) is 18.4. The minimum absolute atomic E-state index is 0.262. The molecule has 0 aromatic heterocycles. The molecule has 2 rings (SSSR count). The number of ether oxygens (including phenoxy) is 1. The third-order valence-electron chi connectivity index (χ3n) is 4.14. The van der Waals surface area contributed by atoms with Gasteiger partial charge in [-0.25, -0.2) is 0 Å². The van der Waals surface area contributed by atoms with Crippen LogP contribution in [0.1, 0.15) is 63.0 Å². The van der Waals surface area contributed by atoms with Crippen molar-refractivity contribution in [3.63, 3.8) is 0 Å². The van der Waals surface area contributed by atoms with Gasteiger partial charge in [0.2, 0.25) is 0 Å². The fraction of sp³-hybridized carbons (Fsp3) is 0.435. The fourth-order valence-electron chi connectivity index (χ4n) is 3.09. The van der Waals surface area contributed by atoms with Crippen molar-refractivity contribution in [3.8, 4) is 0 Å². The van der Waals surface area contributed by atoms with Gasteiger partial charge in [-0.1, -0.05) is 76.2 Å². The third kappa shape index (κ3) is 6.04. The van der Waals surface area contributed by atoms with Gasteiger partial charge in [0.1, 0.15) is 0 Å². The van der Waals surface area contributed by atoms with Crippen LogP contribution in [0, 0.1) is 11.8 Å². The molecule has 0 saturated carbocycles. The molecule has 0 saturated heterocycles. The first-order chi connectivity index (χ1) is 11.8. The number of hydrogen-bond acceptors (Lipinski definition) is 2. The van der Waals surface area contributed by atoms with Crippen molar-refractivity contribution in [3.05, 3.63) is 70.8 Å². The molecule has 0 amide bonds. The van der Waals surface area contributed by atoms with Crippen LogP contribution in [-0.4, -0.2) is 5.97 Å². The zero-order valence-corrected chi connectivity index (χ0v) is 16.1. The molecule has 2 aromatic rings. The molecule has 0 aliphatic rings. The van der Waals surface area contributed by atoms with Crippen LogP contribution >= 0.6 is 0 Å². The number of carbonyl (C=O) groups is 1. The average molecular weight is 338 g/mol. The van der Waals surface area contributed by atoms with Crippen molar-refractivity contribution in [1.82, 2.24) is 0 Å². The Morgan fingerprint density at radius 3 is 1.40 bits per heavy atom. The van der Waals surface area contributed by atoms with Crippen molar-refractivity contribution >= 4 is 5.97 Å². The first-order valence-electron chi connectivity index (χ1n) is 9.20. The second kappa shape index (κ2) is 8.84. The van der Waals surface area contributed by atoms with Gasteiger partial charge in [-0.2, -0.15) is 0 Å². The fourth-order valence-corrected chi connectivity index (χ4v) is 3.09. The van der Waals surface area contributed by atoms with Crippen LogP contribution in [0.15, 0.2) is 48.5 Å². The van der Waals surface area contributed by atoms with Gasteiger partial charge in [-0.05, 0) is 46.9 Å². The average Bonchev–Trinajstić information content (AvgIpc) is 2.53. The normalized spacial score (nSPS) is 11.4. The van der Waals surface area contributed by atoms with E-state index in [0.29, 0.717) is 11.8 Å². The smallest absolute Gasteiger partial charge is 0.303 e. The van der Waals surface area contributed by atoms with Crippen LogP contribution in [0.4, 0.5) is 0 Å². The summed E-state index contributed by atoms with van der Waals surface area (Å²) >= 11 is 0. The van der Waals surface area contributed by atoms with Crippen molar-refractivity contribution in [2.75, 3.05) is 0 Å². The van der Waals surface area contributed by atoms with Crippen LogP contribution < -0.4 is 0 Å². The number of esters is 1. The van der Waals surface area contributed by atoms with Gasteiger partial charge in [0, 0.05) is 6.92 Å². The van der Waals surface area contributed by atoms with E-state index < -0.39 is 0 Å². The van der Waals surface area contributed by atoms with E-state index in [9.17, 15) is 4.79 Å². The SMILES string of the molecule is CC(=O)OC(c1ccc(CC(C)C)cc1)c1ccc(CC(C)C)cc1. The molecular formula is C23H30O2. The van der Waals surface area contributed by atoms with E-state index in [1.54, 1.807) is 0 Å². The minimum Gasteiger partial charge on any atom is -0.453 e. The molecule has 0 spiro atoms. The summed E-state index contributed by atoms with van der Waals surface area (Å²) < 4.78 is 5.63. The molecule has 0 radical (unpaired) electrons. The lowest BCUT2D eigenvalue weighted by Gasteiger charge is -2.19. The van der Waals surface area contributed by atoms with Crippen LogP contribution in [0.3, 0.4) is 0 Å². The number of hydrogen-bond donors (Lipinski definition) is 0. The second-order valence-electron chi connectivity index (χ2n) is 7.67. The Balaban J connectivity index is 2.24. The summed E-state index contributed by atoms with van der Waals surface area (Å²) in [5, 5.41) is 0. The Morgan fingerprint density at radius 2 is 1.12 bits per heavy atom. The molecule has 0 atom stereocenters. The van der Waals surface area contributed by atoms with E-state index in [4.69, 9.17) is 4.74 Å². The summed E-state index contributed by atoms with van der Waals surface area (Å²) in [6.07, 6.45) is 1.77. The van der Waals surface area contributed by atoms with Crippen LogP contribution in [0.2, 0.25) is 0 Å². The Bertz CT molecular complexity index is 613. The summed E-state index contributed by atoms with van der Waals surface area (Å²) in [4.78, 5) is 11.6. The van der Waals surface area contributed by atoms with E-state index in [1.165, 1.54) is 18.1 Å². The number of rotatable bonds is 7. The molecule has 2 nitrogen and oxygen atoms in total. The van der Waals surface area contributed by atoms with E-state index in [1.807, 2.05) is 0 Å². The Hall–Kier alpha value is -2.09. The summed E-state index contributed by atoms with van der Waals surface area (Å²) in [7, 11) is 0. The van der Waals surface area contributed by atoms with Gasteiger partial charge in [-0.3, -0.25) is 4.79 Å². The lowest BCUT2D eigenvalue weighted by atomic mass is 9.95. The van der Waals surface area contributed by atoms with Gasteiger partial charge in [0.15, 0.2) is 6.10 Å². The van der Waals surface area contributed by atoms with Crippen molar-refractivity contribution in [1.29, 1.82) is 0 Å². The lowest BCUT2D eigenvalue weighted by Crippen LogP contribution is -2.10. The molecule has 0 unspecified atom stereocenters. The lowest BCUT2D eigenvalue weighted by molar-refractivity contribution is -0.144. The number of benzene rings is 2. The molecule has 25 heavy (non-hydrogen) atoms. The van der Waals surface area contributed by atoms with Gasteiger partial charge in [0.05, 0.1) is 0 Å². The highest BCUT2D eigenvalue weighted by atomic mass is 16.5. The van der Waals surface area contributed by atoms with E-state index in [-0.39, 0.29) is 12.1 Å². The summed E-state index contributed by atoms with van der Waals surface area (Å²) in [6, 6.07) is 16.9. The van der Waals surface area contributed by atoms with E-state index in [2.05, 4.69) is 76.2 Å². The third-order valence-corrected chi connectivity index (χ3v) is 4.14. The zero-order valence-electron chi connectivity index (χ0n) is 16.1. The first kappa shape index (κ1) is 19.2. The van der Waals surface area contributed by atoms with Crippen LogP contribution in [-0.2, 0) is 22.4 Å². The highest BCUT2D eigenvalue weighted by molar-refractivity contribution is 5.67.